The Hall–Kier alpha value is -2.56. The van der Waals surface area contributed by atoms with Gasteiger partial charge >= 0.3 is 0 Å². The number of anilines is 1. The lowest BCUT2D eigenvalue weighted by Crippen LogP contribution is -2.30. The number of benzene rings is 1. The first-order valence-electron chi connectivity index (χ1n) is 8.75. The van der Waals surface area contributed by atoms with E-state index in [9.17, 15) is 4.79 Å². The second-order valence-electron chi connectivity index (χ2n) is 6.51. The van der Waals surface area contributed by atoms with Crippen molar-refractivity contribution in [1.82, 2.24) is 10.3 Å². The fourth-order valence-electron chi connectivity index (χ4n) is 3.30. The molecule has 2 aromatic rings. The van der Waals surface area contributed by atoms with Gasteiger partial charge in [0.05, 0.1) is 18.7 Å². The number of methoxy groups -OCH3 is 1. The summed E-state index contributed by atoms with van der Waals surface area (Å²) in [6, 6.07) is 9.49. The first-order valence-corrected chi connectivity index (χ1v) is 8.75. The van der Waals surface area contributed by atoms with Crippen molar-refractivity contribution in [2.75, 3.05) is 25.1 Å². The van der Waals surface area contributed by atoms with Crippen molar-refractivity contribution in [2.24, 2.45) is 0 Å². The average molecular weight is 339 g/mol. The summed E-state index contributed by atoms with van der Waals surface area (Å²) < 4.78 is 5.44. The van der Waals surface area contributed by atoms with Crippen LogP contribution in [0.3, 0.4) is 0 Å². The van der Waals surface area contributed by atoms with E-state index in [4.69, 9.17) is 4.74 Å². The number of nitrogens with one attached hydrogen (secondary N) is 1. The summed E-state index contributed by atoms with van der Waals surface area (Å²) in [7, 11) is 1.65. The van der Waals surface area contributed by atoms with Crippen LogP contribution >= 0.6 is 0 Å². The van der Waals surface area contributed by atoms with Crippen molar-refractivity contribution in [1.29, 1.82) is 0 Å². The molecule has 5 heteroatoms. The molecule has 1 aliphatic rings. The summed E-state index contributed by atoms with van der Waals surface area (Å²) in [4.78, 5) is 19.5. The first kappa shape index (κ1) is 17.3. The molecule has 25 heavy (non-hydrogen) atoms. The molecule has 1 fully saturated rings. The molecule has 1 aromatic carbocycles. The van der Waals surface area contributed by atoms with Gasteiger partial charge in [0.25, 0.3) is 5.91 Å². The summed E-state index contributed by atoms with van der Waals surface area (Å²) >= 11 is 0. The van der Waals surface area contributed by atoms with Crippen LogP contribution in [0.2, 0.25) is 0 Å². The summed E-state index contributed by atoms with van der Waals surface area (Å²) in [6.45, 7) is 5.92. The summed E-state index contributed by atoms with van der Waals surface area (Å²) in [5.74, 6) is 1.45. The number of hydrogen-bond acceptors (Lipinski definition) is 4. The molecule has 3 rings (SSSR count). The molecule has 0 aliphatic carbocycles. The molecule has 1 aromatic heterocycles. The quantitative estimate of drug-likeness (QED) is 0.906. The molecule has 1 saturated heterocycles. The van der Waals surface area contributed by atoms with E-state index in [0.717, 1.165) is 48.6 Å². The minimum absolute atomic E-state index is 0.106. The number of hydrogen-bond donors (Lipinski definition) is 1. The number of aromatic nitrogens is 1. The van der Waals surface area contributed by atoms with Crippen LogP contribution in [-0.2, 0) is 0 Å². The van der Waals surface area contributed by atoms with Crippen molar-refractivity contribution in [3.05, 3.63) is 53.2 Å². The topological polar surface area (TPSA) is 54.5 Å². The molecule has 132 valence electrons. The Morgan fingerprint density at radius 1 is 1.28 bits per heavy atom. The third kappa shape index (κ3) is 3.76. The number of amides is 1. The standard InChI is InChI=1S/C20H25N3O2/c1-14-8-9-18(25-3)17(13-14)15(2)22-20(24)16-7-6-10-21-19(16)23-11-4-5-12-23/h6-10,13,15H,4-5,11-12H2,1-3H3,(H,22,24). The zero-order chi connectivity index (χ0) is 17.8. The van der Waals surface area contributed by atoms with Gasteiger partial charge in [-0.25, -0.2) is 4.98 Å². The summed E-state index contributed by atoms with van der Waals surface area (Å²) in [5, 5.41) is 3.09. The van der Waals surface area contributed by atoms with E-state index in [0.29, 0.717) is 5.56 Å². The van der Waals surface area contributed by atoms with E-state index in [1.807, 2.05) is 38.1 Å². The normalized spacial score (nSPS) is 15.1. The van der Waals surface area contributed by atoms with Crippen LogP contribution in [0.25, 0.3) is 0 Å². The van der Waals surface area contributed by atoms with Gasteiger partial charge in [0.1, 0.15) is 11.6 Å². The predicted octanol–water partition coefficient (Wildman–Crippen LogP) is 3.49. The largest absolute Gasteiger partial charge is 0.496 e. The van der Waals surface area contributed by atoms with Crippen LogP contribution < -0.4 is 15.0 Å². The maximum absolute atomic E-state index is 12.9. The van der Waals surface area contributed by atoms with Gasteiger partial charge in [0.15, 0.2) is 0 Å². The Bertz CT molecular complexity index is 754. The Balaban J connectivity index is 1.82. The fraction of sp³-hybridized carbons (Fsp3) is 0.400. The van der Waals surface area contributed by atoms with Gasteiger partial charge < -0.3 is 15.0 Å². The second-order valence-corrected chi connectivity index (χ2v) is 6.51. The minimum Gasteiger partial charge on any atom is -0.496 e. The van der Waals surface area contributed by atoms with Crippen LogP contribution in [0.5, 0.6) is 5.75 Å². The van der Waals surface area contributed by atoms with Crippen molar-refractivity contribution >= 4 is 11.7 Å². The molecule has 1 atom stereocenters. The molecule has 5 nitrogen and oxygen atoms in total. The number of carbonyl (C=O) groups is 1. The van der Waals surface area contributed by atoms with Gasteiger partial charge in [-0.3, -0.25) is 4.79 Å². The number of nitrogens with zero attached hydrogens (tertiary/aromatic N) is 2. The lowest BCUT2D eigenvalue weighted by Gasteiger charge is -2.22. The monoisotopic (exact) mass is 339 g/mol. The predicted molar refractivity (Wildman–Crippen MR) is 99.3 cm³/mol. The maximum Gasteiger partial charge on any atom is 0.255 e. The van der Waals surface area contributed by atoms with Crippen molar-refractivity contribution in [3.63, 3.8) is 0 Å². The molecular weight excluding hydrogens is 314 g/mol. The van der Waals surface area contributed by atoms with Crippen LogP contribution in [0.15, 0.2) is 36.5 Å². The van der Waals surface area contributed by atoms with Gasteiger partial charge in [-0.2, -0.15) is 0 Å². The molecular formula is C20H25N3O2. The van der Waals surface area contributed by atoms with E-state index < -0.39 is 0 Å². The van der Waals surface area contributed by atoms with Gasteiger partial charge in [-0.1, -0.05) is 17.7 Å². The van der Waals surface area contributed by atoms with Gasteiger partial charge in [0, 0.05) is 24.8 Å². The molecule has 1 amide bonds. The molecule has 0 spiro atoms. The van der Waals surface area contributed by atoms with Gasteiger partial charge in [0.2, 0.25) is 0 Å². The number of aryl methyl sites for hydroxylation is 1. The molecule has 1 unspecified atom stereocenters. The van der Waals surface area contributed by atoms with E-state index in [1.54, 1.807) is 13.3 Å². The Labute approximate surface area is 149 Å². The van der Waals surface area contributed by atoms with Crippen molar-refractivity contribution in [2.45, 2.75) is 32.7 Å². The van der Waals surface area contributed by atoms with Crippen molar-refractivity contribution in [3.8, 4) is 5.75 Å². The number of ether oxygens (including phenoxy) is 1. The summed E-state index contributed by atoms with van der Waals surface area (Å²) in [5.41, 5.74) is 2.74. The highest BCUT2D eigenvalue weighted by Crippen LogP contribution is 2.27. The summed E-state index contributed by atoms with van der Waals surface area (Å²) in [6.07, 6.45) is 4.04. The minimum atomic E-state index is -0.158. The molecule has 2 heterocycles. The van der Waals surface area contributed by atoms with E-state index >= 15 is 0 Å². The van der Waals surface area contributed by atoms with Crippen molar-refractivity contribution < 1.29 is 9.53 Å². The third-order valence-corrected chi connectivity index (χ3v) is 4.64. The molecule has 1 N–H and O–H groups in total. The fourth-order valence-corrected chi connectivity index (χ4v) is 3.30. The van der Waals surface area contributed by atoms with E-state index in [1.165, 1.54) is 0 Å². The van der Waals surface area contributed by atoms with Crippen LogP contribution in [0.1, 0.15) is 47.3 Å². The highest BCUT2D eigenvalue weighted by atomic mass is 16.5. The van der Waals surface area contributed by atoms with E-state index in [2.05, 4.69) is 21.3 Å². The Morgan fingerprint density at radius 3 is 2.76 bits per heavy atom. The highest BCUT2D eigenvalue weighted by molar-refractivity contribution is 5.99. The Kier molecular flexibility index (Phi) is 5.22. The lowest BCUT2D eigenvalue weighted by molar-refractivity contribution is 0.0939. The van der Waals surface area contributed by atoms with Crippen LogP contribution in [-0.4, -0.2) is 31.1 Å². The van der Waals surface area contributed by atoms with Gasteiger partial charge in [-0.05, 0) is 44.9 Å². The number of rotatable bonds is 5. The highest BCUT2D eigenvalue weighted by Gasteiger charge is 2.22. The molecule has 0 radical (unpaired) electrons. The van der Waals surface area contributed by atoms with Crippen LogP contribution in [0.4, 0.5) is 5.82 Å². The second kappa shape index (κ2) is 7.55. The SMILES string of the molecule is COc1ccc(C)cc1C(C)NC(=O)c1cccnc1N1CCCC1. The lowest BCUT2D eigenvalue weighted by atomic mass is 10.0. The van der Waals surface area contributed by atoms with Gasteiger partial charge in [-0.15, -0.1) is 0 Å². The first-order chi connectivity index (χ1) is 12.1. The average Bonchev–Trinajstić information content (AvgIpc) is 3.16. The van der Waals surface area contributed by atoms with E-state index in [-0.39, 0.29) is 11.9 Å². The third-order valence-electron chi connectivity index (χ3n) is 4.64. The maximum atomic E-state index is 12.9. The Morgan fingerprint density at radius 2 is 2.04 bits per heavy atom. The number of pyridine rings is 1. The smallest absolute Gasteiger partial charge is 0.255 e. The zero-order valence-corrected chi connectivity index (χ0v) is 15.1. The zero-order valence-electron chi connectivity index (χ0n) is 15.1. The molecule has 0 bridgehead atoms. The molecule has 0 saturated carbocycles. The molecule has 1 aliphatic heterocycles. The van der Waals surface area contributed by atoms with Crippen LogP contribution in [0, 0.1) is 6.92 Å². The number of carbonyl (C=O) groups excluding carboxylic acids is 1.